The summed E-state index contributed by atoms with van der Waals surface area (Å²) in [4.78, 5) is 11.3. The van der Waals surface area contributed by atoms with Crippen LogP contribution in [0.1, 0.15) is 36.8 Å². The van der Waals surface area contributed by atoms with E-state index in [0.29, 0.717) is 17.1 Å². The number of aliphatic carboxylic acids is 1. The summed E-state index contributed by atoms with van der Waals surface area (Å²) in [6.07, 6.45) is 0. The van der Waals surface area contributed by atoms with E-state index in [2.05, 4.69) is 0 Å². The van der Waals surface area contributed by atoms with Crippen LogP contribution >= 0.6 is 0 Å². The minimum atomic E-state index is -0.934. The van der Waals surface area contributed by atoms with Gasteiger partial charge in [0.25, 0.3) is 0 Å². The summed E-state index contributed by atoms with van der Waals surface area (Å²) in [5.41, 5.74) is 7.18. The van der Waals surface area contributed by atoms with Crippen molar-refractivity contribution >= 4 is 5.97 Å². The van der Waals surface area contributed by atoms with Crippen molar-refractivity contribution in [2.24, 2.45) is 5.73 Å². The highest BCUT2D eigenvalue weighted by Crippen LogP contribution is 2.36. The van der Waals surface area contributed by atoms with Crippen LogP contribution in [0, 0.1) is 0 Å². The van der Waals surface area contributed by atoms with Gasteiger partial charge in [-0.3, -0.25) is 4.79 Å². The van der Waals surface area contributed by atoms with Crippen molar-refractivity contribution in [3.63, 3.8) is 0 Å². The Hall–Kier alpha value is -1.75. The third-order valence-corrected chi connectivity index (χ3v) is 3.12. The number of carboxylic acids is 1. The lowest BCUT2D eigenvalue weighted by Crippen LogP contribution is -2.22. The van der Waals surface area contributed by atoms with E-state index in [1.54, 1.807) is 13.2 Å². The standard InChI is InChI=1S/C14H21NO4/c1-8(2)9-5-12(18-3)13(19-4)6-10(9)11(7-15)14(16)17/h5-6,8,11H,7,15H2,1-4H3,(H,16,17). The topological polar surface area (TPSA) is 81.8 Å². The zero-order valence-corrected chi connectivity index (χ0v) is 11.8. The van der Waals surface area contributed by atoms with E-state index in [1.807, 2.05) is 19.9 Å². The molecule has 19 heavy (non-hydrogen) atoms. The number of nitrogens with two attached hydrogens (primary N) is 1. The maximum atomic E-state index is 11.3. The van der Waals surface area contributed by atoms with Crippen LogP contribution in [-0.4, -0.2) is 31.8 Å². The summed E-state index contributed by atoms with van der Waals surface area (Å²) in [6, 6.07) is 3.53. The zero-order chi connectivity index (χ0) is 14.6. The molecule has 0 aromatic heterocycles. The van der Waals surface area contributed by atoms with Crippen LogP contribution in [-0.2, 0) is 4.79 Å². The highest BCUT2D eigenvalue weighted by molar-refractivity contribution is 5.77. The van der Waals surface area contributed by atoms with Crippen LogP contribution in [0.5, 0.6) is 11.5 Å². The first-order chi connectivity index (χ1) is 8.96. The second-order valence-electron chi connectivity index (χ2n) is 4.62. The summed E-state index contributed by atoms with van der Waals surface area (Å²) < 4.78 is 10.5. The molecule has 0 aliphatic carbocycles. The van der Waals surface area contributed by atoms with Gasteiger partial charge in [0, 0.05) is 6.54 Å². The minimum absolute atomic E-state index is 0.0462. The van der Waals surface area contributed by atoms with E-state index in [9.17, 15) is 9.90 Å². The average Bonchev–Trinajstić information content (AvgIpc) is 2.38. The average molecular weight is 267 g/mol. The molecule has 1 atom stereocenters. The molecule has 0 heterocycles. The van der Waals surface area contributed by atoms with Gasteiger partial charge in [-0.1, -0.05) is 13.8 Å². The largest absolute Gasteiger partial charge is 0.493 e. The predicted octanol–water partition coefficient (Wildman–Crippen LogP) is 1.95. The Bertz CT molecular complexity index is 457. The molecular formula is C14H21NO4. The normalized spacial score (nSPS) is 12.3. The van der Waals surface area contributed by atoms with Gasteiger partial charge in [-0.05, 0) is 29.2 Å². The highest BCUT2D eigenvalue weighted by Gasteiger charge is 2.24. The maximum absolute atomic E-state index is 11.3. The van der Waals surface area contributed by atoms with E-state index in [-0.39, 0.29) is 12.5 Å². The molecular weight excluding hydrogens is 246 g/mol. The van der Waals surface area contributed by atoms with Crippen molar-refractivity contribution in [2.75, 3.05) is 20.8 Å². The first-order valence-corrected chi connectivity index (χ1v) is 6.14. The molecule has 0 saturated heterocycles. The van der Waals surface area contributed by atoms with Crippen molar-refractivity contribution in [3.8, 4) is 11.5 Å². The quantitative estimate of drug-likeness (QED) is 0.823. The lowest BCUT2D eigenvalue weighted by molar-refractivity contribution is -0.138. The highest BCUT2D eigenvalue weighted by atomic mass is 16.5. The fourth-order valence-corrected chi connectivity index (χ4v) is 2.07. The van der Waals surface area contributed by atoms with Gasteiger partial charge in [0.2, 0.25) is 0 Å². The Balaban J connectivity index is 3.46. The van der Waals surface area contributed by atoms with Crippen molar-refractivity contribution in [2.45, 2.75) is 25.7 Å². The smallest absolute Gasteiger partial charge is 0.312 e. The Morgan fingerprint density at radius 1 is 1.21 bits per heavy atom. The number of hydrogen-bond acceptors (Lipinski definition) is 4. The zero-order valence-electron chi connectivity index (χ0n) is 11.8. The van der Waals surface area contributed by atoms with Crippen molar-refractivity contribution in [1.29, 1.82) is 0 Å². The second kappa shape index (κ2) is 6.43. The lowest BCUT2D eigenvalue weighted by Gasteiger charge is -2.20. The Labute approximate surface area is 113 Å². The first kappa shape index (κ1) is 15.3. The van der Waals surface area contributed by atoms with Crippen LogP contribution in [0.4, 0.5) is 0 Å². The second-order valence-corrected chi connectivity index (χ2v) is 4.62. The van der Waals surface area contributed by atoms with Gasteiger partial charge in [-0.2, -0.15) is 0 Å². The van der Waals surface area contributed by atoms with Crippen molar-refractivity contribution in [3.05, 3.63) is 23.3 Å². The molecule has 0 spiro atoms. The molecule has 0 aliphatic heterocycles. The molecule has 0 bridgehead atoms. The molecule has 1 aromatic carbocycles. The predicted molar refractivity (Wildman–Crippen MR) is 73.1 cm³/mol. The van der Waals surface area contributed by atoms with E-state index in [1.165, 1.54) is 7.11 Å². The van der Waals surface area contributed by atoms with Crippen molar-refractivity contribution < 1.29 is 19.4 Å². The number of ether oxygens (including phenoxy) is 2. The molecule has 0 fully saturated rings. The molecule has 106 valence electrons. The Morgan fingerprint density at radius 2 is 1.68 bits per heavy atom. The van der Waals surface area contributed by atoms with Gasteiger partial charge in [0.1, 0.15) is 0 Å². The molecule has 3 N–H and O–H groups in total. The van der Waals surface area contributed by atoms with Crippen LogP contribution in [0.25, 0.3) is 0 Å². The van der Waals surface area contributed by atoms with Crippen LogP contribution in [0.15, 0.2) is 12.1 Å². The van der Waals surface area contributed by atoms with Gasteiger partial charge in [0.05, 0.1) is 20.1 Å². The molecule has 1 rings (SSSR count). The molecule has 0 radical (unpaired) electrons. The van der Waals surface area contributed by atoms with E-state index in [4.69, 9.17) is 15.2 Å². The van der Waals surface area contributed by atoms with Gasteiger partial charge in [-0.25, -0.2) is 0 Å². The SMILES string of the molecule is COc1cc(C(C)C)c(C(CN)C(=O)O)cc1OC. The van der Waals surface area contributed by atoms with Gasteiger partial charge >= 0.3 is 5.97 Å². The number of hydrogen-bond donors (Lipinski definition) is 2. The third kappa shape index (κ3) is 3.17. The number of rotatable bonds is 6. The molecule has 0 saturated carbocycles. The van der Waals surface area contributed by atoms with Crippen molar-refractivity contribution in [1.82, 2.24) is 0 Å². The van der Waals surface area contributed by atoms with Gasteiger partial charge < -0.3 is 20.3 Å². The van der Waals surface area contributed by atoms with Gasteiger partial charge in [0.15, 0.2) is 11.5 Å². The Kier molecular flexibility index (Phi) is 5.18. The fourth-order valence-electron chi connectivity index (χ4n) is 2.07. The summed E-state index contributed by atoms with van der Waals surface area (Å²) in [5.74, 6) is -0.394. The minimum Gasteiger partial charge on any atom is -0.493 e. The van der Waals surface area contributed by atoms with Crippen LogP contribution < -0.4 is 15.2 Å². The molecule has 5 nitrogen and oxygen atoms in total. The number of benzene rings is 1. The maximum Gasteiger partial charge on any atom is 0.312 e. The first-order valence-electron chi connectivity index (χ1n) is 6.14. The number of carbonyl (C=O) groups is 1. The summed E-state index contributed by atoms with van der Waals surface area (Å²) >= 11 is 0. The molecule has 5 heteroatoms. The van der Waals surface area contributed by atoms with Crippen LogP contribution in [0.3, 0.4) is 0 Å². The molecule has 0 amide bonds. The fraction of sp³-hybridized carbons (Fsp3) is 0.500. The summed E-state index contributed by atoms with van der Waals surface area (Å²) in [7, 11) is 3.08. The van der Waals surface area contributed by atoms with E-state index in [0.717, 1.165) is 5.56 Å². The molecule has 1 aromatic rings. The number of methoxy groups -OCH3 is 2. The Morgan fingerprint density at radius 3 is 2.00 bits per heavy atom. The lowest BCUT2D eigenvalue weighted by atomic mass is 9.88. The molecule has 0 aliphatic rings. The monoisotopic (exact) mass is 267 g/mol. The van der Waals surface area contributed by atoms with Gasteiger partial charge in [-0.15, -0.1) is 0 Å². The number of carboxylic acid groups (broad SMARTS) is 1. The third-order valence-electron chi connectivity index (χ3n) is 3.12. The summed E-state index contributed by atoms with van der Waals surface area (Å²) in [5, 5.41) is 9.27. The molecule has 1 unspecified atom stereocenters. The summed E-state index contributed by atoms with van der Waals surface area (Å²) in [6.45, 7) is 4.05. The van der Waals surface area contributed by atoms with E-state index >= 15 is 0 Å². The van der Waals surface area contributed by atoms with Crippen LogP contribution in [0.2, 0.25) is 0 Å². The van der Waals surface area contributed by atoms with E-state index < -0.39 is 11.9 Å².